The molecule has 18 heavy (non-hydrogen) atoms. The van der Waals surface area contributed by atoms with E-state index in [1.807, 2.05) is 4.68 Å². The molecule has 0 aromatic carbocycles. The van der Waals surface area contributed by atoms with Gasteiger partial charge in [-0.2, -0.15) is 0 Å². The molecule has 0 atom stereocenters. The Bertz CT molecular complexity index is 420. The summed E-state index contributed by atoms with van der Waals surface area (Å²) in [6, 6.07) is 0.378. The van der Waals surface area contributed by atoms with Crippen LogP contribution in [-0.2, 0) is 0 Å². The zero-order chi connectivity index (χ0) is 12.4. The van der Waals surface area contributed by atoms with E-state index in [4.69, 9.17) is 0 Å². The SMILES string of the molecule is O=C(NCC1CC1)c1cn(C2CCNCC2)nn1. The molecule has 2 N–H and O–H groups in total. The molecular formula is C12H19N5O. The minimum Gasteiger partial charge on any atom is -0.350 e. The van der Waals surface area contributed by atoms with E-state index < -0.39 is 0 Å². The molecular weight excluding hydrogens is 230 g/mol. The first-order valence-corrected chi connectivity index (χ1v) is 6.73. The van der Waals surface area contributed by atoms with Gasteiger partial charge in [0, 0.05) is 6.54 Å². The van der Waals surface area contributed by atoms with E-state index >= 15 is 0 Å². The van der Waals surface area contributed by atoms with Crippen molar-refractivity contribution in [2.45, 2.75) is 31.7 Å². The highest BCUT2D eigenvalue weighted by Crippen LogP contribution is 2.27. The smallest absolute Gasteiger partial charge is 0.273 e. The van der Waals surface area contributed by atoms with Crippen LogP contribution in [0.15, 0.2) is 6.20 Å². The summed E-state index contributed by atoms with van der Waals surface area (Å²) in [6.45, 7) is 2.79. The predicted octanol–water partition coefficient (Wildman–Crippen LogP) is 0.342. The van der Waals surface area contributed by atoms with Crippen LogP contribution in [0, 0.1) is 5.92 Å². The molecule has 0 spiro atoms. The molecule has 2 heterocycles. The molecule has 2 aliphatic rings. The van der Waals surface area contributed by atoms with Crippen molar-refractivity contribution in [2.75, 3.05) is 19.6 Å². The zero-order valence-corrected chi connectivity index (χ0v) is 10.4. The van der Waals surface area contributed by atoms with Crippen molar-refractivity contribution in [3.63, 3.8) is 0 Å². The van der Waals surface area contributed by atoms with E-state index in [1.54, 1.807) is 6.20 Å². The summed E-state index contributed by atoms with van der Waals surface area (Å²) < 4.78 is 1.84. The minimum absolute atomic E-state index is 0.0953. The summed E-state index contributed by atoms with van der Waals surface area (Å²) in [6.07, 6.45) is 6.35. The first-order valence-electron chi connectivity index (χ1n) is 6.73. The zero-order valence-electron chi connectivity index (χ0n) is 10.4. The van der Waals surface area contributed by atoms with Gasteiger partial charge < -0.3 is 10.6 Å². The number of piperidine rings is 1. The first kappa shape index (κ1) is 11.6. The molecule has 1 amide bonds. The predicted molar refractivity (Wildman–Crippen MR) is 66.2 cm³/mol. The molecule has 0 bridgehead atoms. The Hall–Kier alpha value is -1.43. The Morgan fingerprint density at radius 3 is 2.89 bits per heavy atom. The van der Waals surface area contributed by atoms with E-state index in [-0.39, 0.29) is 5.91 Å². The van der Waals surface area contributed by atoms with Gasteiger partial charge in [0.2, 0.25) is 0 Å². The van der Waals surface area contributed by atoms with Crippen molar-refractivity contribution in [2.24, 2.45) is 5.92 Å². The number of aromatic nitrogens is 3. The maximum atomic E-state index is 11.8. The molecule has 0 unspecified atom stereocenters. The summed E-state index contributed by atoms with van der Waals surface area (Å²) in [5.41, 5.74) is 0.439. The molecule has 2 fully saturated rings. The molecule has 1 aromatic rings. The quantitative estimate of drug-likeness (QED) is 0.807. The number of carbonyl (C=O) groups excluding carboxylic acids is 1. The minimum atomic E-state index is -0.0953. The fourth-order valence-corrected chi connectivity index (χ4v) is 2.28. The van der Waals surface area contributed by atoms with Crippen molar-refractivity contribution in [1.82, 2.24) is 25.6 Å². The molecule has 6 heteroatoms. The number of amides is 1. The average Bonchev–Trinajstić information content (AvgIpc) is 3.11. The molecule has 3 rings (SSSR count). The number of nitrogens with zero attached hydrogens (tertiary/aromatic N) is 3. The lowest BCUT2D eigenvalue weighted by Crippen LogP contribution is -2.29. The van der Waals surface area contributed by atoms with E-state index in [1.165, 1.54) is 12.8 Å². The summed E-state index contributed by atoms with van der Waals surface area (Å²) in [5, 5.41) is 14.3. The third kappa shape index (κ3) is 2.69. The van der Waals surface area contributed by atoms with Crippen molar-refractivity contribution < 1.29 is 4.79 Å². The lowest BCUT2D eigenvalue weighted by Gasteiger charge is -2.22. The van der Waals surface area contributed by atoms with Crippen molar-refractivity contribution in [3.8, 4) is 0 Å². The normalized spacial score (nSPS) is 20.9. The highest BCUT2D eigenvalue weighted by Gasteiger charge is 2.23. The Balaban J connectivity index is 1.58. The van der Waals surface area contributed by atoms with Gasteiger partial charge in [0.15, 0.2) is 5.69 Å². The maximum Gasteiger partial charge on any atom is 0.273 e. The highest BCUT2D eigenvalue weighted by atomic mass is 16.2. The standard InChI is InChI=1S/C12H19N5O/c18-12(14-7-9-1-2-9)11-8-17(16-15-11)10-3-5-13-6-4-10/h8-10,13H,1-7H2,(H,14,18). The van der Waals surface area contributed by atoms with Gasteiger partial charge in [-0.3, -0.25) is 4.79 Å². The van der Waals surface area contributed by atoms with Gasteiger partial charge >= 0.3 is 0 Å². The highest BCUT2D eigenvalue weighted by molar-refractivity contribution is 5.91. The van der Waals surface area contributed by atoms with Crippen molar-refractivity contribution in [3.05, 3.63) is 11.9 Å². The van der Waals surface area contributed by atoms with E-state index in [0.717, 1.165) is 32.5 Å². The van der Waals surface area contributed by atoms with Gasteiger partial charge in [-0.25, -0.2) is 4.68 Å². The monoisotopic (exact) mass is 249 g/mol. The molecule has 98 valence electrons. The average molecular weight is 249 g/mol. The summed E-state index contributed by atoms with van der Waals surface area (Å²) in [7, 11) is 0. The van der Waals surface area contributed by atoms with Crippen LogP contribution < -0.4 is 10.6 Å². The number of carbonyl (C=O) groups is 1. The molecule has 1 aromatic heterocycles. The van der Waals surface area contributed by atoms with Crippen LogP contribution in [0.4, 0.5) is 0 Å². The van der Waals surface area contributed by atoms with Gasteiger partial charge in [-0.15, -0.1) is 5.10 Å². The molecule has 1 saturated heterocycles. The van der Waals surface area contributed by atoms with E-state index in [9.17, 15) is 4.79 Å². The van der Waals surface area contributed by atoms with Crippen LogP contribution >= 0.6 is 0 Å². The van der Waals surface area contributed by atoms with E-state index in [0.29, 0.717) is 17.7 Å². The Morgan fingerprint density at radius 1 is 1.39 bits per heavy atom. The molecule has 0 radical (unpaired) electrons. The van der Waals surface area contributed by atoms with Crippen LogP contribution in [0.5, 0.6) is 0 Å². The molecule has 1 aliphatic heterocycles. The van der Waals surface area contributed by atoms with E-state index in [2.05, 4.69) is 20.9 Å². The van der Waals surface area contributed by atoms with Crippen LogP contribution in [0.2, 0.25) is 0 Å². The lowest BCUT2D eigenvalue weighted by molar-refractivity contribution is 0.0946. The largest absolute Gasteiger partial charge is 0.350 e. The van der Waals surface area contributed by atoms with Gasteiger partial charge in [-0.05, 0) is 44.7 Å². The first-order chi connectivity index (χ1) is 8.83. The van der Waals surface area contributed by atoms with Crippen LogP contribution in [0.3, 0.4) is 0 Å². The summed E-state index contributed by atoms with van der Waals surface area (Å²) in [5.74, 6) is 0.593. The van der Waals surface area contributed by atoms with Crippen LogP contribution in [0.1, 0.15) is 42.2 Å². The van der Waals surface area contributed by atoms with Crippen molar-refractivity contribution in [1.29, 1.82) is 0 Å². The molecule has 1 aliphatic carbocycles. The van der Waals surface area contributed by atoms with Gasteiger partial charge in [-0.1, -0.05) is 5.21 Å². The second-order valence-electron chi connectivity index (χ2n) is 5.22. The third-order valence-electron chi connectivity index (χ3n) is 3.67. The Labute approximate surface area is 106 Å². The van der Waals surface area contributed by atoms with Gasteiger partial charge in [0.1, 0.15) is 0 Å². The number of hydrogen-bond acceptors (Lipinski definition) is 4. The third-order valence-corrected chi connectivity index (χ3v) is 3.67. The number of hydrogen-bond donors (Lipinski definition) is 2. The molecule has 1 saturated carbocycles. The fraction of sp³-hybridized carbons (Fsp3) is 0.750. The fourth-order valence-electron chi connectivity index (χ4n) is 2.28. The van der Waals surface area contributed by atoms with Crippen LogP contribution in [-0.4, -0.2) is 40.5 Å². The van der Waals surface area contributed by atoms with Crippen molar-refractivity contribution >= 4 is 5.91 Å². The number of nitrogens with one attached hydrogen (secondary N) is 2. The summed E-state index contributed by atoms with van der Waals surface area (Å²) >= 11 is 0. The number of rotatable bonds is 4. The molecule has 6 nitrogen and oxygen atoms in total. The second kappa shape index (κ2) is 5.06. The van der Waals surface area contributed by atoms with Crippen LogP contribution in [0.25, 0.3) is 0 Å². The Kier molecular flexibility index (Phi) is 3.27. The second-order valence-corrected chi connectivity index (χ2v) is 5.22. The Morgan fingerprint density at radius 2 is 2.17 bits per heavy atom. The summed E-state index contributed by atoms with van der Waals surface area (Å²) in [4.78, 5) is 11.8. The maximum absolute atomic E-state index is 11.8. The van der Waals surface area contributed by atoms with Gasteiger partial charge in [0.05, 0.1) is 12.2 Å². The lowest BCUT2D eigenvalue weighted by atomic mass is 10.1. The van der Waals surface area contributed by atoms with Gasteiger partial charge in [0.25, 0.3) is 5.91 Å². The topological polar surface area (TPSA) is 71.8 Å².